The third kappa shape index (κ3) is 3.34. The fourth-order valence-corrected chi connectivity index (χ4v) is 3.96. The number of carbonyl (C=O) groups is 1. The van der Waals surface area contributed by atoms with Crippen molar-refractivity contribution in [2.45, 2.75) is 26.2 Å². The van der Waals surface area contributed by atoms with Gasteiger partial charge in [-0.2, -0.15) is 13.2 Å². The van der Waals surface area contributed by atoms with Crippen LogP contribution in [0.15, 0.2) is 59.5 Å². The third-order valence-electron chi connectivity index (χ3n) is 5.14. The number of hydrogen-bond acceptors (Lipinski definition) is 2. The molecule has 30 heavy (non-hydrogen) atoms. The van der Waals surface area contributed by atoms with Gasteiger partial charge < -0.3 is 14.2 Å². The van der Waals surface area contributed by atoms with Crippen molar-refractivity contribution in [3.8, 4) is 11.1 Å². The van der Waals surface area contributed by atoms with Crippen LogP contribution in [-0.4, -0.2) is 26.4 Å². The van der Waals surface area contributed by atoms with Crippen LogP contribution in [-0.2, 0) is 17.9 Å². The number of hydrogen-bond donors (Lipinski definition) is 1. The predicted octanol–water partition coefficient (Wildman–Crippen LogP) is 4.58. The molecule has 4 rings (SSSR count). The molecule has 4 aromatic rings. The van der Waals surface area contributed by atoms with E-state index in [-0.39, 0.29) is 11.9 Å². The van der Waals surface area contributed by atoms with E-state index in [1.54, 1.807) is 54.0 Å². The summed E-state index contributed by atoms with van der Waals surface area (Å²) < 4.78 is 41.6. The first kappa shape index (κ1) is 19.8. The molecule has 0 amide bonds. The van der Waals surface area contributed by atoms with Crippen LogP contribution in [0.3, 0.4) is 0 Å². The number of benzene rings is 2. The summed E-state index contributed by atoms with van der Waals surface area (Å²) in [6.45, 7) is 0.0369. The second-order valence-electron chi connectivity index (χ2n) is 7.09. The van der Waals surface area contributed by atoms with Crippen LogP contribution in [0.2, 0.25) is 0 Å². The average molecular weight is 414 g/mol. The molecule has 2 aromatic carbocycles. The zero-order valence-corrected chi connectivity index (χ0v) is 15.9. The Hall–Kier alpha value is -3.55. The minimum Gasteiger partial charge on any atom is -0.480 e. The van der Waals surface area contributed by atoms with E-state index < -0.39 is 24.2 Å². The highest BCUT2D eigenvalue weighted by Gasteiger charge is 2.29. The monoisotopic (exact) mass is 414 g/mol. The van der Waals surface area contributed by atoms with Crippen LogP contribution in [0.1, 0.15) is 5.69 Å². The molecule has 0 aliphatic carbocycles. The molecule has 0 bridgehead atoms. The van der Waals surface area contributed by atoms with Crippen molar-refractivity contribution in [2.75, 3.05) is 0 Å². The quantitative estimate of drug-likeness (QED) is 0.532. The molecule has 0 aliphatic heterocycles. The number of fused-ring (bicyclic) bond motifs is 2. The van der Waals surface area contributed by atoms with Crippen LogP contribution < -0.4 is 5.56 Å². The van der Waals surface area contributed by atoms with Gasteiger partial charge in [0.1, 0.15) is 13.1 Å². The van der Waals surface area contributed by atoms with Gasteiger partial charge in [-0.3, -0.25) is 9.59 Å². The third-order valence-corrected chi connectivity index (χ3v) is 5.14. The van der Waals surface area contributed by atoms with Gasteiger partial charge in [-0.25, -0.2) is 0 Å². The van der Waals surface area contributed by atoms with Gasteiger partial charge in [-0.05, 0) is 24.4 Å². The van der Waals surface area contributed by atoms with Gasteiger partial charge in [0, 0.05) is 39.3 Å². The predicted molar refractivity (Wildman–Crippen MR) is 108 cm³/mol. The van der Waals surface area contributed by atoms with Gasteiger partial charge in [0.05, 0.1) is 0 Å². The summed E-state index contributed by atoms with van der Waals surface area (Å²) in [5.41, 5.74) is 1.59. The van der Waals surface area contributed by atoms with Crippen molar-refractivity contribution in [1.29, 1.82) is 0 Å². The topological polar surface area (TPSA) is 64.2 Å². The molecule has 0 aliphatic rings. The minimum absolute atomic E-state index is 0.175. The maximum atomic E-state index is 13.1. The van der Waals surface area contributed by atoms with Crippen LogP contribution in [0.4, 0.5) is 13.2 Å². The number of nitrogens with zero attached hydrogens (tertiary/aromatic N) is 2. The highest BCUT2D eigenvalue weighted by molar-refractivity contribution is 6.06. The lowest BCUT2D eigenvalue weighted by Gasteiger charge is -2.15. The molecule has 0 saturated heterocycles. The van der Waals surface area contributed by atoms with E-state index in [1.165, 1.54) is 12.3 Å². The van der Waals surface area contributed by atoms with Gasteiger partial charge in [0.2, 0.25) is 0 Å². The van der Waals surface area contributed by atoms with Crippen molar-refractivity contribution in [3.05, 3.63) is 70.8 Å². The lowest BCUT2D eigenvalue weighted by Crippen LogP contribution is -2.28. The smallest absolute Gasteiger partial charge is 0.406 e. The second-order valence-corrected chi connectivity index (χ2v) is 7.09. The zero-order valence-electron chi connectivity index (χ0n) is 15.9. The SMILES string of the molecule is Cc1c(-c2cn(CC(F)(F)F)c(=O)c3ccccc23)c2ccccc2n1CC(=O)O. The van der Waals surface area contributed by atoms with Crippen LogP contribution in [0.5, 0.6) is 0 Å². The van der Waals surface area contributed by atoms with E-state index >= 15 is 0 Å². The fraction of sp³-hybridized carbons (Fsp3) is 0.182. The molecule has 0 atom stereocenters. The Morgan fingerprint density at radius 3 is 2.23 bits per heavy atom. The van der Waals surface area contributed by atoms with Crippen molar-refractivity contribution < 1.29 is 23.1 Å². The Morgan fingerprint density at radius 2 is 1.60 bits per heavy atom. The molecular weight excluding hydrogens is 397 g/mol. The number of halogens is 3. The minimum atomic E-state index is -4.56. The number of aliphatic carboxylic acids is 1. The van der Waals surface area contributed by atoms with Gasteiger partial charge in [-0.15, -0.1) is 0 Å². The van der Waals surface area contributed by atoms with Crippen LogP contribution in [0, 0.1) is 6.92 Å². The summed E-state index contributed by atoms with van der Waals surface area (Å²) in [5, 5.41) is 10.7. The summed E-state index contributed by atoms with van der Waals surface area (Å²) in [4.78, 5) is 24.1. The highest BCUT2D eigenvalue weighted by atomic mass is 19.4. The molecule has 0 fully saturated rings. The maximum Gasteiger partial charge on any atom is 0.406 e. The maximum absolute atomic E-state index is 13.1. The van der Waals surface area contributed by atoms with Crippen LogP contribution in [0.25, 0.3) is 32.8 Å². The first-order valence-corrected chi connectivity index (χ1v) is 9.16. The molecule has 2 heterocycles. The summed E-state index contributed by atoms with van der Waals surface area (Å²) in [5.74, 6) is -1.03. The van der Waals surface area contributed by atoms with Crippen molar-refractivity contribution in [2.24, 2.45) is 0 Å². The number of para-hydroxylation sites is 1. The summed E-state index contributed by atoms with van der Waals surface area (Å²) in [6.07, 6.45) is -3.34. The van der Waals surface area contributed by atoms with E-state index in [4.69, 9.17) is 0 Å². The van der Waals surface area contributed by atoms with E-state index in [0.29, 0.717) is 37.7 Å². The van der Waals surface area contributed by atoms with E-state index in [0.717, 1.165) is 0 Å². The largest absolute Gasteiger partial charge is 0.480 e. The lowest BCUT2D eigenvalue weighted by atomic mass is 9.98. The Kier molecular flexibility index (Phi) is 4.64. The molecule has 1 N–H and O–H groups in total. The van der Waals surface area contributed by atoms with Crippen LogP contribution >= 0.6 is 0 Å². The Morgan fingerprint density at radius 1 is 1.00 bits per heavy atom. The highest BCUT2D eigenvalue weighted by Crippen LogP contribution is 2.37. The van der Waals surface area contributed by atoms with E-state index in [1.807, 2.05) is 0 Å². The molecule has 154 valence electrons. The molecule has 0 unspecified atom stereocenters. The normalized spacial score (nSPS) is 12.0. The van der Waals surface area contributed by atoms with E-state index in [9.17, 15) is 27.9 Å². The number of aromatic nitrogens is 2. The van der Waals surface area contributed by atoms with Gasteiger partial charge in [0.25, 0.3) is 5.56 Å². The second kappa shape index (κ2) is 7.05. The summed E-state index contributed by atoms with van der Waals surface area (Å²) in [6, 6.07) is 13.6. The van der Waals surface area contributed by atoms with Gasteiger partial charge >= 0.3 is 12.1 Å². The standard InChI is InChI=1S/C22H17F3N2O3/c1-13-20(16-8-4-5-9-18(16)27(13)11-19(28)29)17-10-26(12-22(23,24)25)21(30)15-7-3-2-6-14(15)17/h2-10H,11-12H2,1H3,(H,28,29). The average Bonchev–Trinajstić information content (AvgIpc) is 2.95. The molecule has 5 nitrogen and oxygen atoms in total. The molecule has 0 spiro atoms. The number of carboxylic acids is 1. The fourth-order valence-electron chi connectivity index (χ4n) is 3.96. The molecule has 0 radical (unpaired) electrons. The van der Waals surface area contributed by atoms with Gasteiger partial charge in [-0.1, -0.05) is 36.4 Å². The zero-order chi connectivity index (χ0) is 21.6. The molecule has 2 aromatic heterocycles. The number of pyridine rings is 1. The Balaban J connectivity index is 2.11. The molecular formula is C22H17F3N2O3. The Bertz CT molecular complexity index is 1350. The molecule has 0 saturated carbocycles. The first-order chi connectivity index (χ1) is 14.2. The molecule has 8 heteroatoms. The van der Waals surface area contributed by atoms with Crippen molar-refractivity contribution >= 4 is 27.6 Å². The number of carboxylic acid groups (broad SMARTS) is 1. The van der Waals surface area contributed by atoms with Gasteiger partial charge in [0.15, 0.2) is 0 Å². The summed E-state index contributed by atoms with van der Waals surface area (Å²) in [7, 11) is 0. The first-order valence-electron chi connectivity index (χ1n) is 9.16. The lowest BCUT2D eigenvalue weighted by molar-refractivity contribution is -0.141. The summed E-state index contributed by atoms with van der Waals surface area (Å²) >= 11 is 0. The number of alkyl halides is 3. The van der Waals surface area contributed by atoms with E-state index in [2.05, 4.69) is 0 Å². The van der Waals surface area contributed by atoms with Crippen molar-refractivity contribution in [1.82, 2.24) is 9.13 Å². The van der Waals surface area contributed by atoms with Crippen molar-refractivity contribution in [3.63, 3.8) is 0 Å². The number of rotatable bonds is 4. The Labute approximate surface area is 168 Å².